The Labute approximate surface area is 113 Å². The summed E-state index contributed by atoms with van der Waals surface area (Å²) in [5.41, 5.74) is 1.96. The SMILES string of the molecule is CC[C@H](O)c1ccc(OCCc2ccccn2)cc1. The topological polar surface area (TPSA) is 42.4 Å². The number of aliphatic hydroxyl groups is 1. The van der Waals surface area contributed by atoms with Gasteiger partial charge < -0.3 is 9.84 Å². The van der Waals surface area contributed by atoms with Crippen LogP contribution in [-0.2, 0) is 6.42 Å². The minimum Gasteiger partial charge on any atom is -0.493 e. The molecule has 0 aliphatic heterocycles. The van der Waals surface area contributed by atoms with Gasteiger partial charge in [0.05, 0.1) is 12.7 Å². The van der Waals surface area contributed by atoms with E-state index in [0.29, 0.717) is 6.61 Å². The fourth-order valence-corrected chi connectivity index (χ4v) is 1.84. The molecule has 0 fully saturated rings. The van der Waals surface area contributed by atoms with Crippen molar-refractivity contribution in [3.05, 3.63) is 59.9 Å². The second kappa shape index (κ2) is 6.90. The molecule has 2 rings (SSSR count). The van der Waals surface area contributed by atoms with Crippen LogP contribution < -0.4 is 4.74 Å². The second-order valence-electron chi connectivity index (χ2n) is 4.41. The van der Waals surface area contributed by atoms with Crippen LogP contribution in [0.25, 0.3) is 0 Å². The lowest BCUT2D eigenvalue weighted by Gasteiger charge is -2.10. The van der Waals surface area contributed by atoms with Gasteiger partial charge in [0.1, 0.15) is 5.75 Å². The van der Waals surface area contributed by atoms with E-state index in [1.54, 1.807) is 6.20 Å². The number of pyridine rings is 1. The molecule has 0 bridgehead atoms. The largest absolute Gasteiger partial charge is 0.493 e. The number of hydrogen-bond acceptors (Lipinski definition) is 3. The van der Waals surface area contributed by atoms with Crippen LogP contribution in [0.1, 0.15) is 30.7 Å². The third-order valence-corrected chi connectivity index (χ3v) is 3.00. The van der Waals surface area contributed by atoms with Crippen LogP contribution in [0, 0.1) is 0 Å². The van der Waals surface area contributed by atoms with Gasteiger partial charge in [0.15, 0.2) is 0 Å². The normalized spacial score (nSPS) is 12.1. The quantitative estimate of drug-likeness (QED) is 0.864. The molecule has 3 heteroatoms. The van der Waals surface area contributed by atoms with Crippen molar-refractivity contribution in [1.82, 2.24) is 4.98 Å². The fraction of sp³-hybridized carbons (Fsp3) is 0.312. The predicted octanol–water partition coefficient (Wildman–Crippen LogP) is 3.15. The molecule has 0 aliphatic rings. The molecular formula is C16H19NO2. The smallest absolute Gasteiger partial charge is 0.119 e. The molecule has 0 spiro atoms. The molecular weight excluding hydrogens is 238 g/mol. The first kappa shape index (κ1) is 13.6. The van der Waals surface area contributed by atoms with E-state index in [9.17, 15) is 5.11 Å². The van der Waals surface area contributed by atoms with Crippen molar-refractivity contribution in [2.24, 2.45) is 0 Å². The van der Waals surface area contributed by atoms with Crippen LogP contribution in [0.5, 0.6) is 5.75 Å². The van der Waals surface area contributed by atoms with Gasteiger partial charge in [0, 0.05) is 18.3 Å². The van der Waals surface area contributed by atoms with Crippen LogP contribution in [0.15, 0.2) is 48.7 Å². The number of aliphatic hydroxyl groups excluding tert-OH is 1. The maximum atomic E-state index is 9.70. The van der Waals surface area contributed by atoms with Crippen molar-refractivity contribution in [3.63, 3.8) is 0 Å². The fourth-order valence-electron chi connectivity index (χ4n) is 1.84. The lowest BCUT2D eigenvalue weighted by Crippen LogP contribution is -2.03. The minimum absolute atomic E-state index is 0.387. The molecule has 0 aliphatic carbocycles. The molecule has 1 aromatic heterocycles. The molecule has 0 amide bonds. The highest BCUT2D eigenvalue weighted by Gasteiger charge is 2.04. The van der Waals surface area contributed by atoms with Gasteiger partial charge in [-0.3, -0.25) is 4.98 Å². The molecule has 0 unspecified atom stereocenters. The number of aromatic nitrogens is 1. The van der Waals surface area contributed by atoms with Crippen LogP contribution in [0.2, 0.25) is 0 Å². The van der Waals surface area contributed by atoms with E-state index >= 15 is 0 Å². The summed E-state index contributed by atoms with van der Waals surface area (Å²) in [6.07, 6.45) is 2.92. The van der Waals surface area contributed by atoms with Crippen molar-refractivity contribution in [1.29, 1.82) is 0 Å². The summed E-state index contributed by atoms with van der Waals surface area (Å²) < 4.78 is 5.66. The van der Waals surface area contributed by atoms with Gasteiger partial charge in [-0.25, -0.2) is 0 Å². The highest BCUT2D eigenvalue weighted by molar-refractivity contribution is 5.28. The molecule has 1 aromatic carbocycles. The maximum absolute atomic E-state index is 9.70. The third kappa shape index (κ3) is 4.07. The molecule has 0 saturated heterocycles. The highest BCUT2D eigenvalue weighted by Crippen LogP contribution is 2.19. The molecule has 1 N–H and O–H groups in total. The minimum atomic E-state index is -0.387. The summed E-state index contributed by atoms with van der Waals surface area (Å²) in [5.74, 6) is 0.822. The van der Waals surface area contributed by atoms with Crippen molar-refractivity contribution in [2.45, 2.75) is 25.9 Å². The average molecular weight is 257 g/mol. The second-order valence-corrected chi connectivity index (χ2v) is 4.41. The summed E-state index contributed by atoms with van der Waals surface area (Å²) >= 11 is 0. The Morgan fingerprint density at radius 2 is 1.95 bits per heavy atom. The Balaban J connectivity index is 1.83. The predicted molar refractivity (Wildman–Crippen MR) is 75.1 cm³/mol. The summed E-state index contributed by atoms with van der Waals surface area (Å²) in [5, 5.41) is 9.70. The Morgan fingerprint density at radius 3 is 2.58 bits per heavy atom. The number of ether oxygens (including phenoxy) is 1. The van der Waals surface area contributed by atoms with E-state index in [2.05, 4.69) is 4.98 Å². The monoisotopic (exact) mass is 257 g/mol. The van der Waals surface area contributed by atoms with Crippen LogP contribution in [0.4, 0.5) is 0 Å². The van der Waals surface area contributed by atoms with Crippen LogP contribution in [0.3, 0.4) is 0 Å². The molecule has 3 nitrogen and oxygen atoms in total. The van der Waals surface area contributed by atoms with Crippen LogP contribution >= 0.6 is 0 Å². The van der Waals surface area contributed by atoms with E-state index in [0.717, 1.165) is 29.8 Å². The third-order valence-electron chi connectivity index (χ3n) is 3.00. The van der Waals surface area contributed by atoms with Gasteiger partial charge >= 0.3 is 0 Å². The number of benzene rings is 1. The molecule has 1 atom stereocenters. The first-order chi connectivity index (χ1) is 9.29. The first-order valence-electron chi connectivity index (χ1n) is 6.60. The van der Waals surface area contributed by atoms with Gasteiger partial charge in [0.25, 0.3) is 0 Å². The molecule has 1 heterocycles. The molecule has 19 heavy (non-hydrogen) atoms. The molecule has 2 aromatic rings. The van der Waals surface area contributed by atoms with Crippen molar-refractivity contribution < 1.29 is 9.84 Å². The van der Waals surface area contributed by atoms with E-state index in [4.69, 9.17) is 4.74 Å². The summed E-state index contributed by atoms with van der Waals surface area (Å²) in [7, 11) is 0. The van der Waals surface area contributed by atoms with Crippen molar-refractivity contribution in [3.8, 4) is 5.75 Å². The zero-order chi connectivity index (χ0) is 13.5. The molecule has 0 saturated carbocycles. The zero-order valence-corrected chi connectivity index (χ0v) is 11.1. The van der Waals surface area contributed by atoms with E-state index < -0.39 is 0 Å². The summed E-state index contributed by atoms with van der Waals surface area (Å²) in [6.45, 7) is 2.56. The summed E-state index contributed by atoms with van der Waals surface area (Å²) in [6, 6.07) is 13.5. The van der Waals surface area contributed by atoms with Gasteiger partial charge in [-0.15, -0.1) is 0 Å². The maximum Gasteiger partial charge on any atom is 0.119 e. The Kier molecular flexibility index (Phi) is 4.93. The van der Waals surface area contributed by atoms with Gasteiger partial charge in [-0.1, -0.05) is 25.1 Å². The zero-order valence-electron chi connectivity index (χ0n) is 11.1. The van der Waals surface area contributed by atoms with Gasteiger partial charge in [-0.2, -0.15) is 0 Å². The lowest BCUT2D eigenvalue weighted by atomic mass is 10.1. The molecule has 100 valence electrons. The lowest BCUT2D eigenvalue weighted by molar-refractivity contribution is 0.173. The number of hydrogen-bond donors (Lipinski definition) is 1. The van der Waals surface area contributed by atoms with E-state index in [1.165, 1.54) is 0 Å². The van der Waals surface area contributed by atoms with Gasteiger partial charge in [-0.05, 0) is 36.2 Å². The van der Waals surface area contributed by atoms with Gasteiger partial charge in [0.2, 0.25) is 0 Å². The Hall–Kier alpha value is -1.87. The highest BCUT2D eigenvalue weighted by atomic mass is 16.5. The average Bonchev–Trinajstić information content (AvgIpc) is 2.48. The Morgan fingerprint density at radius 1 is 1.16 bits per heavy atom. The summed E-state index contributed by atoms with van der Waals surface area (Å²) in [4.78, 5) is 4.25. The van der Waals surface area contributed by atoms with Crippen molar-refractivity contribution in [2.75, 3.05) is 6.61 Å². The first-order valence-corrected chi connectivity index (χ1v) is 6.60. The number of nitrogens with zero attached hydrogens (tertiary/aromatic N) is 1. The van der Waals surface area contributed by atoms with E-state index in [1.807, 2.05) is 49.4 Å². The van der Waals surface area contributed by atoms with Crippen molar-refractivity contribution >= 4 is 0 Å². The molecule has 0 radical (unpaired) electrons. The van der Waals surface area contributed by atoms with E-state index in [-0.39, 0.29) is 6.10 Å². The van der Waals surface area contributed by atoms with Crippen LogP contribution in [-0.4, -0.2) is 16.7 Å². The number of rotatable bonds is 6. The Bertz CT molecular complexity index is 482. The standard InChI is InChI=1S/C16H19NO2/c1-2-16(18)13-6-8-15(9-7-13)19-12-10-14-5-3-4-11-17-14/h3-9,11,16,18H,2,10,12H2,1H3/t16-/m0/s1.